The summed E-state index contributed by atoms with van der Waals surface area (Å²) in [6.45, 7) is 0. The molecular weight excluding hydrogens is 248 g/mol. The first-order valence-corrected chi connectivity index (χ1v) is 7.76. The lowest BCUT2D eigenvalue weighted by Gasteiger charge is -2.30. The zero-order valence-corrected chi connectivity index (χ0v) is 10.6. The van der Waals surface area contributed by atoms with Crippen LogP contribution in [0.25, 0.3) is 0 Å². The summed E-state index contributed by atoms with van der Waals surface area (Å²) in [6.07, 6.45) is 1.28. The van der Waals surface area contributed by atoms with Crippen molar-refractivity contribution in [2.45, 2.75) is 18.9 Å². The first-order valence-electron chi connectivity index (χ1n) is 5.06. The van der Waals surface area contributed by atoms with Gasteiger partial charge in [0.05, 0.1) is 16.9 Å². The lowest BCUT2D eigenvalue weighted by molar-refractivity contribution is 0.456. The normalized spacial score (nSPS) is 20.8. The van der Waals surface area contributed by atoms with Gasteiger partial charge in [-0.25, -0.2) is 8.42 Å². The van der Waals surface area contributed by atoms with Crippen LogP contribution in [0.2, 0.25) is 0 Å². The molecule has 0 amide bonds. The van der Waals surface area contributed by atoms with Gasteiger partial charge in [-0.15, -0.1) is 11.3 Å². The maximum atomic E-state index is 11.3. The molecule has 1 saturated heterocycles. The minimum absolute atomic E-state index is 0.0234. The number of hydrogen-bond acceptors (Lipinski definition) is 6. The maximum Gasteiger partial charge on any atom is 0.223 e. The van der Waals surface area contributed by atoms with E-state index in [1.54, 1.807) is 5.38 Å². The highest BCUT2D eigenvalue weighted by molar-refractivity contribution is 7.91. The molecule has 2 rings (SSSR count). The van der Waals surface area contributed by atoms with Crippen LogP contribution in [-0.4, -0.2) is 43.1 Å². The molecule has 1 aromatic rings. The van der Waals surface area contributed by atoms with Crippen LogP contribution in [0.15, 0.2) is 5.38 Å². The van der Waals surface area contributed by atoms with Crippen LogP contribution in [0.3, 0.4) is 0 Å². The topological polar surface area (TPSA) is 70.5 Å². The third-order valence-corrected chi connectivity index (χ3v) is 5.49. The van der Waals surface area contributed by atoms with Gasteiger partial charge in [0, 0.05) is 13.1 Å². The molecule has 0 radical (unpaired) electrons. The van der Waals surface area contributed by atoms with Gasteiger partial charge in [0.2, 0.25) is 5.88 Å². The average molecular weight is 262 g/mol. The fraction of sp³-hybridized carbons (Fsp3) is 0.667. The van der Waals surface area contributed by atoms with E-state index in [1.165, 1.54) is 11.3 Å². The van der Waals surface area contributed by atoms with E-state index in [0.717, 1.165) is 5.13 Å². The summed E-state index contributed by atoms with van der Waals surface area (Å²) >= 11 is 1.37. The first-order chi connectivity index (χ1) is 7.48. The Morgan fingerprint density at radius 2 is 2.12 bits per heavy atom. The highest BCUT2D eigenvalue weighted by Gasteiger charge is 2.27. The van der Waals surface area contributed by atoms with Gasteiger partial charge in [-0.2, -0.15) is 4.98 Å². The number of anilines is 1. The standard InChI is InChI=1S/C9H14N2O3S2/c1-11(9-10-8(12)6-15-9)7-2-4-16(13,14)5-3-7/h6-7,12H,2-5H2,1H3. The minimum atomic E-state index is -2.82. The second kappa shape index (κ2) is 4.21. The predicted octanol–water partition coefficient (Wildman–Crippen LogP) is 0.862. The van der Waals surface area contributed by atoms with Crippen molar-refractivity contribution in [1.29, 1.82) is 0 Å². The molecule has 7 heteroatoms. The van der Waals surface area contributed by atoms with E-state index in [9.17, 15) is 8.42 Å². The molecule has 0 spiro atoms. The first kappa shape index (κ1) is 11.7. The monoisotopic (exact) mass is 262 g/mol. The highest BCUT2D eigenvalue weighted by Crippen LogP contribution is 2.27. The average Bonchev–Trinajstić information content (AvgIpc) is 2.64. The SMILES string of the molecule is CN(c1nc(O)cs1)C1CCS(=O)(=O)CC1. The minimum Gasteiger partial charge on any atom is -0.493 e. The van der Waals surface area contributed by atoms with Crippen molar-refractivity contribution >= 4 is 26.3 Å². The molecule has 1 aromatic heterocycles. The number of hydrogen-bond donors (Lipinski definition) is 1. The van der Waals surface area contributed by atoms with Gasteiger partial charge in [0.15, 0.2) is 5.13 Å². The van der Waals surface area contributed by atoms with Crippen molar-refractivity contribution in [2.75, 3.05) is 23.5 Å². The molecule has 0 bridgehead atoms. The molecule has 0 saturated carbocycles. The molecule has 0 aliphatic carbocycles. The smallest absolute Gasteiger partial charge is 0.223 e. The third-order valence-electron chi connectivity index (χ3n) is 2.85. The highest BCUT2D eigenvalue weighted by atomic mass is 32.2. The van der Waals surface area contributed by atoms with Crippen LogP contribution >= 0.6 is 11.3 Å². The van der Waals surface area contributed by atoms with Crippen molar-refractivity contribution in [3.05, 3.63) is 5.38 Å². The Morgan fingerprint density at radius 3 is 2.62 bits per heavy atom. The van der Waals surface area contributed by atoms with Crippen molar-refractivity contribution in [1.82, 2.24) is 4.98 Å². The van der Waals surface area contributed by atoms with Crippen molar-refractivity contribution in [3.8, 4) is 5.88 Å². The van der Waals surface area contributed by atoms with Crippen LogP contribution in [0.4, 0.5) is 5.13 Å². The van der Waals surface area contributed by atoms with E-state index >= 15 is 0 Å². The molecular formula is C9H14N2O3S2. The summed E-state index contributed by atoms with van der Waals surface area (Å²) in [5, 5.41) is 11.5. The van der Waals surface area contributed by atoms with Crippen LogP contribution in [0.5, 0.6) is 5.88 Å². The summed E-state index contributed by atoms with van der Waals surface area (Å²) in [5.74, 6) is 0.522. The summed E-state index contributed by atoms with van der Waals surface area (Å²) in [5.41, 5.74) is 0. The Hall–Kier alpha value is -0.820. The Morgan fingerprint density at radius 1 is 1.50 bits per heavy atom. The fourth-order valence-corrected chi connectivity index (χ4v) is 4.03. The molecule has 16 heavy (non-hydrogen) atoms. The molecule has 1 aliphatic heterocycles. The molecule has 0 aromatic carbocycles. The maximum absolute atomic E-state index is 11.3. The Bertz CT molecular complexity index is 455. The lowest BCUT2D eigenvalue weighted by Crippen LogP contribution is -2.38. The zero-order valence-electron chi connectivity index (χ0n) is 8.96. The van der Waals surface area contributed by atoms with Crippen LogP contribution in [0, 0.1) is 0 Å². The number of sulfone groups is 1. The Kier molecular flexibility index (Phi) is 3.07. The zero-order chi connectivity index (χ0) is 11.8. The molecule has 2 heterocycles. The van der Waals surface area contributed by atoms with E-state index in [-0.39, 0.29) is 23.4 Å². The molecule has 0 unspecified atom stereocenters. The third kappa shape index (κ3) is 2.46. The number of thiazole rings is 1. The van der Waals surface area contributed by atoms with Gasteiger partial charge in [-0.1, -0.05) is 0 Å². The summed E-state index contributed by atoms with van der Waals surface area (Å²) in [7, 11) is -0.929. The predicted molar refractivity (Wildman–Crippen MR) is 63.9 cm³/mol. The van der Waals surface area contributed by atoms with Crippen LogP contribution in [0.1, 0.15) is 12.8 Å². The van der Waals surface area contributed by atoms with Gasteiger partial charge in [0.1, 0.15) is 9.84 Å². The van der Waals surface area contributed by atoms with Crippen molar-refractivity contribution in [3.63, 3.8) is 0 Å². The molecule has 90 valence electrons. The van der Waals surface area contributed by atoms with Gasteiger partial charge < -0.3 is 10.0 Å². The van der Waals surface area contributed by atoms with E-state index in [4.69, 9.17) is 5.11 Å². The summed E-state index contributed by atoms with van der Waals surface area (Å²) in [4.78, 5) is 5.93. The van der Waals surface area contributed by atoms with Crippen LogP contribution in [-0.2, 0) is 9.84 Å². The summed E-state index contributed by atoms with van der Waals surface area (Å²) < 4.78 is 22.6. The molecule has 1 N–H and O–H groups in total. The van der Waals surface area contributed by atoms with Crippen molar-refractivity contribution < 1.29 is 13.5 Å². The van der Waals surface area contributed by atoms with Gasteiger partial charge in [-0.05, 0) is 12.8 Å². The number of aromatic nitrogens is 1. The second-order valence-corrected chi connectivity index (χ2v) is 7.12. The van der Waals surface area contributed by atoms with E-state index in [0.29, 0.717) is 12.8 Å². The van der Waals surface area contributed by atoms with E-state index in [1.807, 2.05) is 11.9 Å². The number of nitrogens with zero attached hydrogens (tertiary/aromatic N) is 2. The van der Waals surface area contributed by atoms with E-state index < -0.39 is 9.84 Å². The van der Waals surface area contributed by atoms with Gasteiger partial charge >= 0.3 is 0 Å². The number of rotatable bonds is 2. The number of aromatic hydroxyl groups is 1. The largest absolute Gasteiger partial charge is 0.493 e. The molecule has 1 aliphatic rings. The van der Waals surface area contributed by atoms with Gasteiger partial charge in [-0.3, -0.25) is 0 Å². The molecule has 0 atom stereocenters. The molecule has 1 fully saturated rings. The quantitative estimate of drug-likeness (QED) is 0.856. The van der Waals surface area contributed by atoms with Gasteiger partial charge in [0.25, 0.3) is 0 Å². The Balaban J connectivity index is 2.04. The summed E-state index contributed by atoms with van der Waals surface area (Å²) in [6, 6.07) is 0.203. The van der Waals surface area contributed by atoms with E-state index in [2.05, 4.69) is 4.98 Å². The molecule has 5 nitrogen and oxygen atoms in total. The Labute approximate surface area is 98.7 Å². The fourth-order valence-electron chi connectivity index (χ4n) is 1.84. The van der Waals surface area contributed by atoms with Crippen LogP contribution < -0.4 is 4.90 Å². The second-order valence-electron chi connectivity index (χ2n) is 3.98. The van der Waals surface area contributed by atoms with Crippen molar-refractivity contribution in [2.24, 2.45) is 0 Å². The lowest BCUT2D eigenvalue weighted by atomic mass is 10.1.